The zero-order chi connectivity index (χ0) is 22.1. The summed E-state index contributed by atoms with van der Waals surface area (Å²) < 4.78 is 60.5. The van der Waals surface area contributed by atoms with E-state index in [4.69, 9.17) is 4.74 Å². The van der Waals surface area contributed by atoms with Crippen molar-refractivity contribution in [3.8, 4) is 5.75 Å². The van der Waals surface area contributed by atoms with Crippen molar-refractivity contribution in [3.63, 3.8) is 0 Å². The maximum absolute atomic E-state index is 14.7. The molecule has 0 atom stereocenters. The maximum Gasteiger partial charge on any atom is 0.346 e. The summed E-state index contributed by atoms with van der Waals surface area (Å²) in [5, 5.41) is -0.118. The molecule has 0 amide bonds. The minimum Gasteiger partial charge on any atom is -0.423 e. The molecule has 0 aromatic heterocycles. The highest BCUT2D eigenvalue weighted by Crippen LogP contribution is 2.37. The Balaban J connectivity index is 1.51. The summed E-state index contributed by atoms with van der Waals surface area (Å²) >= 11 is 0. The van der Waals surface area contributed by atoms with E-state index in [0.29, 0.717) is 0 Å². The third-order valence-electron chi connectivity index (χ3n) is 6.26. The summed E-state index contributed by atoms with van der Waals surface area (Å²) in [5.74, 6) is -4.82. The predicted molar refractivity (Wildman–Crippen MR) is 110 cm³/mol. The van der Waals surface area contributed by atoms with Gasteiger partial charge in [-0.05, 0) is 84.9 Å². The van der Waals surface area contributed by atoms with Crippen LogP contribution in [0.5, 0.6) is 5.75 Å². The molecule has 1 fully saturated rings. The molecule has 162 valence electrons. The molecule has 31 heavy (non-hydrogen) atoms. The number of ether oxygens (including phenoxy) is 1. The molecule has 6 heteroatoms. The van der Waals surface area contributed by atoms with Gasteiger partial charge in [-0.25, -0.2) is 22.4 Å². The number of halogens is 4. The Morgan fingerprint density at radius 2 is 1.65 bits per heavy atom. The minimum absolute atomic E-state index is 0.0238. The first-order chi connectivity index (χ1) is 14.9. The van der Waals surface area contributed by atoms with Gasteiger partial charge in [-0.1, -0.05) is 19.4 Å². The van der Waals surface area contributed by atoms with Crippen LogP contribution >= 0.6 is 0 Å². The molecule has 0 radical (unpaired) electrons. The van der Waals surface area contributed by atoms with Crippen molar-refractivity contribution >= 4 is 16.7 Å². The molecule has 1 aliphatic rings. The Hall–Kier alpha value is -2.89. The van der Waals surface area contributed by atoms with Gasteiger partial charge in [0.05, 0.1) is 5.56 Å². The number of esters is 1. The highest BCUT2D eigenvalue weighted by Gasteiger charge is 2.23. The van der Waals surface area contributed by atoms with Crippen LogP contribution < -0.4 is 4.74 Å². The van der Waals surface area contributed by atoms with Gasteiger partial charge in [0.2, 0.25) is 0 Å². The summed E-state index contributed by atoms with van der Waals surface area (Å²) in [6.07, 6.45) is 5.42. The number of carbonyl (C=O) groups excluding carboxylic acids is 1. The number of benzene rings is 3. The molecular formula is C25H22F4O2. The highest BCUT2D eigenvalue weighted by atomic mass is 19.2. The van der Waals surface area contributed by atoms with Crippen molar-refractivity contribution in [1.29, 1.82) is 0 Å². The molecule has 0 saturated heterocycles. The fraction of sp³-hybridized carbons (Fsp3) is 0.320. The topological polar surface area (TPSA) is 26.3 Å². The lowest BCUT2D eigenvalue weighted by Crippen LogP contribution is -2.14. The quantitative estimate of drug-likeness (QED) is 0.188. The third-order valence-corrected chi connectivity index (χ3v) is 6.26. The van der Waals surface area contributed by atoms with Crippen molar-refractivity contribution in [3.05, 3.63) is 76.9 Å². The van der Waals surface area contributed by atoms with Crippen molar-refractivity contribution in [2.75, 3.05) is 0 Å². The van der Waals surface area contributed by atoms with Crippen LogP contribution in [0.25, 0.3) is 10.8 Å². The molecule has 0 heterocycles. The van der Waals surface area contributed by atoms with E-state index in [1.807, 2.05) is 0 Å². The van der Waals surface area contributed by atoms with E-state index in [9.17, 15) is 22.4 Å². The molecule has 0 unspecified atom stereocenters. The number of carbonyl (C=O) groups is 1. The van der Waals surface area contributed by atoms with Gasteiger partial charge < -0.3 is 4.74 Å². The Kier molecular flexibility index (Phi) is 5.99. The first kappa shape index (κ1) is 21.3. The first-order valence-corrected chi connectivity index (χ1v) is 10.5. The van der Waals surface area contributed by atoms with Gasteiger partial charge >= 0.3 is 5.97 Å². The molecule has 0 spiro atoms. The zero-order valence-electron chi connectivity index (χ0n) is 17.1. The predicted octanol–water partition coefficient (Wildman–Crippen LogP) is 7.30. The molecule has 0 bridgehead atoms. The lowest BCUT2D eigenvalue weighted by atomic mass is 9.78. The largest absolute Gasteiger partial charge is 0.423 e. The van der Waals surface area contributed by atoms with E-state index in [0.717, 1.165) is 49.7 Å². The van der Waals surface area contributed by atoms with Gasteiger partial charge in [0.15, 0.2) is 17.5 Å². The molecule has 0 aliphatic heterocycles. The molecule has 3 aromatic carbocycles. The van der Waals surface area contributed by atoms with Crippen LogP contribution in [0.15, 0.2) is 42.5 Å². The fourth-order valence-corrected chi connectivity index (χ4v) is 4.36. The summed E-state index contributed by atoms with van der Waals surface area (Å²) in [4.78, 5) is 12.5. The summed E-state index contributed by atoms with van der Waals surface area (Å²) in [5.41, 5.74) is 0.657. The number of hydrogen-bond acceptors (Lipinski definition) is 2. The van der Waals surface area contributed by atoms with Gasteiger partial charge in [-0.15, -0.1) is 0 Å². The maximum atomic E-state index is 14.7. The lowest BCUT2D eigenvalue weighted by Gasteiger charge is -2.28. The Morgan fingerprint density at radius 3 is 2.32 bits per heavy atom. The van der Waals surface area contributed by atoms with Gasteiger partial charge in [0.1, 0.15) is 11.6 Å². The number of fused-ring (bicyclic) bond motifs is 1. The van der Waals surface area contributed by atoms with E-state index in [-0.39, 0.29) is 28.0 Å². The highest BCUT2D eigenvalue weighted by molar-refractivity contribution is 5.92. The van der Waals surface area contributed by atoms with Gasteiger partial charge in [0, 0.05) is 5.39 Å². The SMILES string of the molecule is CCC1CCC(c2ccc(C(=O)Oc3ccc4c(F)c(F)c(F)cc4c3)c(F)c2)CC1. The summed E-state index contributed by atoms with van der Waals surface area (Å²) in [6.45, 7) is 2.19. The molecule has 2 nitrogen and oxygen atoms in total. The fourth-order valence-electron chi connectivity index (χ4n) is 4.36. The smallest absolute Gasteiger partial charge is 0.346 e. The molecule has 3 aromatic rings. The standard InChI is InChI=1S/C25H22F4O2/c1-2-14-3-5-15(6-4-14)16-7-9-20(21(26)12-16)25(30)31-18-8-10-19-17(11-18)13-22(27)24(29)23(19)28/h7-15H,2-6H2,1H3. The van der Waals surface area contributed by atoms with Crippen LogP contribution in [0.3, 0.4) is 0 Å². The van der Waals surface area contributed by atoms with Crippen LogP contribution in [0.2, 0.25) is 0 Å². The molecule has 1 saturated carbocycles. The summed E-state index contributed by atoms with van der Waals surface area (Å²) in [7, 11) is 0. The molecular weight excluding hydrogens is 408 g/mol. The van der Waals surface area contributed by atoms with Crippen molar-refractivity contribution in [1.82, 2.24) is 0 Å². The van der Waals surface area contributed by atoms with E-state index in [1.54, 1.807) is 6.07 Å². The average molecular weight is 430 g/mol. The second-order valence-corrected chi connectivity index (χ2v) is 8.12. The normalized spacial score (nSPS) is 18.9. The lowest BCUT2D eigenvalue weighted by molar-refractivity contribution is 0.0730. The minimum atomic E-state index is -1.57. The van der Waals surface area contributed by atoms with Gasteiger partial charge in [-0.2, -0.15) is 0 Å². The van der Waals surface area contributed by atoms with Crippen molar-refractivity contribution in [2.45, 2.75) is 44.9 Å². The molecule has 0 N–H and O–H groups in total. The van der Waals surface area contributed by atoms with Crippen molar-refractivity contribution < 1.29 is 27.1 Å². The number of hydrogen-bond donors (Lipinski definition) is 0. The molecule has 1 aliphatic carbocycles. The average Bonchev–Trinajstić information content (AvgIpc) is 2.77. The second-order valence-electron chi connectivity index (χ2n) is 8.12. The third kappa shape index (κ3) is 4.29. The monoisotopic (exact) mass is 430 g/mol. The van der Waals surface area contributed by atoms with Crippen LogP contribution in [0.1, 0.15) is 60.9 Å². The van der Waals surface area contributed by atoms with E-state index < -0.39 is 29.2 Å². The number of rotatable bonds is 4. The zero-order valence-corrected chi connectivity index (χ0v) is 17.1. The second kappa shape index (κ2) is 8.69. The Morgan fingerprint density at radius 1 is 0.903 bits per heavy atom. The van der Waals surface area contributed by atoms with Crippen LogP contribution in [0.4, 0.5) is 17.6 Å². The van der Waals surface area contributed by atoms with Crippen LogP contribution in [0, 0.1) is 29.2 Å². The van der Waals surface area contributed by atoms with Crippen molar-refractivity contribution in [2.24, 2.45) is 5.92 Å². The molecule has 4 rings (SSSR count). The van der Waals surface area contributed by atoms with Crippen LogP contribution in [-0.4, -0.2) is 5.97 Å². The Bertz CT molecular complexity index is 1130. The summed E-state index contributed by atoms with van der Waals surface area (Å²) in [6, 6.07) is 9.01. The Labute approximate surface area is 177 Å². The van der Waals surface area contributed by atoms with Gasteiger partial charge in [-0.3, -0.25) is 0 Å². The van der Waals surface area contributed by atoms with E-state index in [2.05, 4.69) is 6.92 Å². The van der Waals surface area contributed by atoms with E-state index in [1.165, 1.54) is 30.3 Å². The van der Waals surface area contributed by atoms with E-state index >= 15 is 0 Å². The van der Waals surface area contributed by atoms with Crippen LogP contribution in [-0.2, 0) is 0 Å². The first-order valence-electron chi connectivity index (χ1n) is 10.5. The van der Waals surface area contributed by atoms with Gasteiger partial charge in [0.25, 0.3) is 0 Å².